The number of carbonyl (C=O) groups is 1. The van der Waals surface area contributed by atoms with E-state index in [4.69, 9.17) is 11.6 Å². The number of likely N-dealkylation sites (tertiary alicyclic amines) is 2. The predicted molar refractivity (Wildman–Crippen MR) is 86.9 cm³/mol. The summed E-state index contributed by atoms with van der Waals surface area (Å²) in [5.74, 6) is 0.553. The monoisotopic (exact) mass is 322 g/mol. The highest BCUT2D eigenvalue weighted by Gasteiger charge is 2.52. The second kappa shape index (κ2) is 6.19. The molecule has 2 fully saturated rings. The van der Waals surface area contributed by atoms with E-state index in [1.165, 1.54) is 0 Å². The summed E-state index contributed by atoms with van der Waals surface area (Å²) in [5.41, 5.74) is 1.14. The third-order valence-electron chi connectivity index (χ3n) is 5.16. The molecule has 1 aromatic rings. The Morgan fingerprint density at radius 1 is 1.41 bits per heavy atom. The Bertz CT molecular complexity index is 557. The number of benzene rings is 1. The highest BCUT2D eigenvalue weighted by atomic mass is 35.5. The zero-order chi connectivity index (χ0) is 15.7. The van der Waals surface area contributed by atoms with Gasteiger partial charge in [0.05, 0.1) is 5.54 Å². The van der Waals surface area contributed by atoms with Crippen molar-refractivity contribution in [2.24, 2.45) is 5.92 Å². The average molecular weight is 323 g/mol. The van der Waals surface area contributed by atoms with Crippen LogP contribution in [0, 0.1) is 5.92 Å². The van der Waals surface area contributed by atoms with E-state index in [2.05, 4.69) is 11.9 Å². The van der Waals surface area contributed by atoms with Crippen LogP contribution in [-0.4, -0.2) is 59.6 Å². The largest absolute Gasteiger partial charge is 0.396 e. The fourth-order valence-corrected chi connectivity index (χ4v) is 4.00. The number of likely N-dealkylation sites (N-methyl/N-ethyl adjacent to an activating group) is 1. The van der Waals surface area contributed by atoms with Crippen LogP contribution in [0.15, 0.2) is 24.3 Å². The summed E-state index contributed by atoms with van der Waals surface area (Å²) in [5, 5.41) is 10.1. The van der Waals surface area contributed by atoms with Crippen molar-refractivity contribution in [3.8, 4) is 0 Å². The Morgan fingerprint density at radius 3 is 2.77 bits per heavy atom. The summed E-state index contributed by atoms with van der Waals surface area (Å²) in [6.45, 7) is 2.76. The molecule has 2 saturated heterocycles. The molecule has 0 bridgehead atoms. The van der Waals surface area contributed by atoms with Gasteiger partial charge in [0.15, 0.2) is 0 Å². The Kier molecular flexibility index (Phi) is 4.44. The first-order chi connectivity index (χ1) is 10.5. The number of aliphatic hydroxyl groups is 1. The first-order valence-electron chi connectivity index (χ1n) is 7.87. The van der Waals surface area contributed by atoms with E-state index in [0.29, 0.717) is 18.8 Å². The molecule has 2 aliphatic rings. The molecule has 1 aromatic carbocycles. The van der Waals surface area contributed by atoms with E-state index in [9.17, 15) is 9.90 Å². The molecule has 5 heteroatoms. The van der Waals surface area contributed by atoms with Crippen molar-refractivity contribution in [1.29, 1.82) is 0 Å². The van der Waals surface area contributed by atoms with Crippen molar-refractivity contribution in [3.63, 3.8) is 0 Å². The summed E-state index contributed by atoms with van der Waals surface area (Å²) in [4.78, 5) is 16.6. The molecule has 3 rings (SSSR count). The Hall–Kier alpha value is -1.10. The number of carbonyl (C=O) groups excluding carboxylic acids is 1. The fraction of sp³-hybridized carbons (Fsp3) is 0.588. The normalized spacial score (nSPS) is 23.8. The molecule has 1 spiro atoms. The van der Waals surface area contributed by atoms with Gasteiger partial charge in [0.1, 0.15) is 0 Å². The minimum absolute atomic E-state index is 0.105. The van der Waals surface area contributed by atoms with E-state index >= 15 is 0 Å². The number of nitrogens with zero attached hydrogens (tertiary/aromatic N) is 2. The van der Waals surface area contributed by atoms with Crippen LogP contribution in [0.5, 0.6) is 0 Å². The number of hydrogen-bond acceptors (Lipinski definition) is 3. The zero-order valence-corrected chi connectivity index (χ0v) is 13.7. The minimum Gasteiger partial charge on any atom is -0.396 e. The molecular weight excluding hydrogens is 300 g/mol. The number of aryl methyl sites for hydroxylation is 1. The summed E-state index contributed by atoms with van der Waals surface area (Å²) < 4.78 is 0. The minimum atomic E-state index is 0.105. The van der Waals surface area contributed by atoms with Crippen molar-refractivity contribution >= 4 is 17.5 Å². The van der Waals surface area contributed by atoms with Crippen LogP contribution >= 0.6 is 11.6 Å². The molecule has 0 aliphatic carbocycles. The predicted octanol–water partition coefficient (Wildman–Crippen LogP) is 1.80. The van der Waals surface area contributed by atoms with Crippen molar-refractivity contribution in [3.05, 3.63) is 34.9 Å². The SMILES string of the molecule is CN1C[C@@H](CO)CC12CN(C(=O)CCc1ccccc1Cl)C2. The summed E-state index contributed by atoms with van der Waals surface area (Å²) in [6, 6.07) is 7.69. The molecular formula is C17H23ClN2O2. The number of rotatable bonds is 4. The molecule has 120 valence electrons. The van der Waals surface area contributed by atoms with E-state index in [1.54, 1.807) is 0 Å². The van der Waals surface area contributed by atoms with Crippen molar-refractivity contribution in [2.45, 2.75) is 24.8 Å². The van der Waals surface area contributed by atoms with Crippen molar-refractivity contribution < 1.29 is 9.90 Å². The third kappa shape index (κ3) is 2.87. The average Bonchev–Trinajstić information content (AvgIpc) is 2.81. The van der Waals surface area contributed by atoms with Gasteiger partial charge in [0.2, 0.25) is 5.91 Å². The lowest BCUT2D eigenvalue weighted by Crippen LogP contribution is -2.68. The first kappa shape index (κ1) is 15.8. The van der Waals surface area contributed by atoms with Crippen molar-refractivity contribution in [2.75, 3.05) is 33.3 Å². The number of hydrogen-bond donors (Lipinski definition) is 1. The van der Waals surface area contributed by atoms with Gasteiger partial charge in [0.25, 0.3) is 0 Å². The summed E-state index contributed by atoms with van der Waals surface area (Å²) >= 11 is 6.13. The van der Waals surface area contributed by atoms with Crippen LogP contribution in [0.2, 0.25) is 5.02 Å². The summed E-state index contributed by atoms with van der Waals surface area (Å²) in [6.07, 6.45) is 2.19. The molecule has 1 amide bonds. The molecule has 0 aromatic heterocycles. The molecule has 1 atom stereocenters. The molecule has 22 heavy (non-hydrogen) atoms. The molecule has 0 saturated carbocycles. The number of amides is 1. The van der Waals surface area contributed by atoms with Gasteiger partial charge in [-0.15, -0.1) is 0 Å². The molecule has 4 nitrogen and oxygen atoms in total. The maximum Gasteiger partial charge on any atom is 0.223 e. The lowest BCUT2D eigenvalue weighted by atomic mass is 9.84. The van der Waals surface area contributed by atoms with Gasteiger partial charge >= 0.3 is 0 Å². The van der Waals surface area contributed by atoms with Crippen LogP contribution in [0.3, 0.4) is 0 Å². The maximum atomic E-state index is 12.3. The lowest BCUT2D eigenvalue weighted by molar-refractivity contribution is -0.143. The molecule has 1 N–H and O–H groups in total. The zero-order valence-electron chi connectivity index (χ0n) is 13.0. The third-order valence-corrected chi connectivity index (χ3v) is 5.53. The maximum absolute atomic E-state index is 12.3. The fourth-order valence-electron chi connectivity index (χ4n) is 3.77. The van der Waals surface area contributed by atoms with Crippen LogP contribution in [0.4, 0.5) is 0 Å². The molecule has 2 aliphatic heterocycles. The van der Waals surface area contributed by atoms with Crippen molar-refractivity contribution in [1.82, 2.24) is 9.80 Å². The Morgan fingerprint density at radius 2 is 2.14 bits per heavy atom. The Labute approximate surface area is 136 Å². The second-order valence-corrected chi connectivity index (χ2v) is 7.11. The highest BCUT2D eigenvalue weighted by Crippen LogP contribution is 2.39. The number of halogens is 1. The topological polar surface area (TPSA) is 43.8 Å². The van der Waals surface area contributed by atoms with E-state index in [0.717, 1.165) is 36.6 Å². The van der Waals surface area contributed by atoms with Gasteiger partial charge in [-0.3, -0.25) is 9.69 Å². The lowest BCUT2D eigenvalue weighted by Gasteiger charge is -2.52. The number of aliphatic hydroxyl groups excluding tert-OH is 1. The molecule has 0 unspecified atom stereocenters. The van der Waals surface area contributed by atoms with Gasteiger partial charge in [-0.1, -0.05) is 29.8 Å². The smallest absolute Gasteiger partial charge is 0.223 e. The van der Waals surface area contributed by atoms with Crippen LogP contribution in [0.25, 0.3) is 0 Å². The second-order valence-electron chi connectivity index (χ2n) is 6.70. The van der Waals surface area contributed by atoms with Crippen LogP contribution in [-0.2, 0) is 11.2 Å². The van der Waals surface area contributed by atoms with Gasteiger partial charge in [-0.2, -0.15) is 0 Å². The van der Waals surface area contributed by atoms with Gasteiger partial charge < -0.3 is 10.0 Å². The molecule has 2 heterocycles. The van der Waals surface area contributed by atoms with E-state index < -0.39 is 0 Å². The summed E-state index contributed by atoms with van der Waals surface area (Å²) in [7, 11) is 2.10. The van der Waals surface area contributed by atoms with Crippen LogP contribution < -0.4 is 0 Å². The van der Waals surface area contributed by atoms with Gasteiger partial charge in [-0.25, -0.2) is 0 Å². The molecule has 0 radical (unpaired) electrons. The highest BCUT2D eigenvalue weighted by molar-refractivity contribution is 6.31. The van der Waals surface area contributed by atoms with Crippen LogP contribution in [0.1, 0.15) is 18.4 Å². The van der Waals surface area contributed by atoms with Gasteiger partial charge in [-0.05, 0) is 37.4 Å². The quantitative estimate of drug-likeness (QED) is 0.919. The van der Waals surface area contributed by atoms with E-state index in [-0.39, 0.29) is 18.1 Å². The Balaban J connectivity index is 1.51. The standard InChI is InChI=1S/C17H23ClN2O2/c1-19-9-13(10-21)8-17(19)11-20(12-17)16(22)7-6-14-4-2-3-5-15(14)18/h2-5,13,21H,6-12H2,1H3/t13-/m0/s1. The van der Waals surface area contributed by atoms with Gasteiger partial charge in [0, 0.05) is 37.7 Å². The first-order valence-corrected chi connectivity index (χ1v) is 8.25. The van der Waals surface area contributed by atoms with E-state index in [1.807, 2.05) is 29.2 Å².